The van der Waals surface area contributed by atoms with Crippen molar-refractivity contribution in [2.24, 2.45) is 12.0 Å². The van der Waals surface area contributed by atoms with Crippen molar-refractivity contribution in [3.8, 4) is 0 Å². The number of nitrogens with one attached hydrogen (secondary N) is 2. The summed E-state index contributed by atoms with van der Waals surface area (Å²) in [7, 11) is 3.38. The Morgan fingerprint density at radius 3 is 2.42 bits per heavy atom. The van der Waals surface area contributed by atoms with Crippen molar-refractivity contribution in [1.29, 1.82) is 0 Å². The van der Waals surface area contributed by atoms with Crippen LogP contribution < -0.4 is 10.6 Å². The SMILES string of the molecule is CN=C(NCc1cc(F)ccc1F)NCc1cc(Cl)c(Cl)n1C.I. The van der Waals surface area contributed by atoms with E-state index in [-0.39, 0.29) is 36.1 Å². The molecule has 0 unspecified atom stereocenters. The summed E-state index contributed by atoms with van der Waals surface area (Å²) in [5, 5.41) is 6.90. The Balaban J connectivity index is 0.00000288. The van der Waals surface area contributed by atoms with Gasteiger partial charge < -0.3 is 15.2 Å². The standard InChI is InChI=1S/C15H16Cl2F2N4.HI/c1-20-15(21-7-9-5-10(18)3-4-13(9)19)22-8-11-6-12(16)14(17)23(11)2;/h3-6H,7-8H2,1-2H3,(H2,20,21,22);1H. The Bertz CT molecular complexity index is 735. The molecule has 0 saturated heterocycles. The van der Waals surface area contributed by atoms with E-state index in [9.17, 15) is 8.78 Å². The average molecular weight is 489 g/mol. The first kappa shape index (κ1) is 21.0. The molecule has 2 aromatic rings. The number of rotatable bonds is 4. The van der Waals surface area contributed by atoms with Crippen molar-refractivity contribution >= 4 is 53.1 Å². The molecule has 0 atom stereocenters. The molecule has 0 amide bonds. The zero-order valence-electron chi connectivity index (χ0n) is 13.0. The van der Waals surface area contributed by atoms with Gasteiger partial charge in [0.05, 0.1) is 11.6 Å². The van der Waals surface area contributed by atoms with E-state index >= 15 is 0 Å². The van der Waals surface area contributed by atoms with Gasteiger partial charge in [0.1, 0.15) is 16.8 Å². The van der Waals surface area contributed by atoms with Crippen molar-refractivity contribution in [1.82, 2.24) is 15.2 Å². The summed E-state index contributed by atoms with van der Waals surface area (Å²) in [5.41, 5.74) is 1.08. The van der Waals surface area contributed by atoms with Crippen LogP contribution in [0.15, 0.2) is 29.3 Å². The van der Waals surface area contributed by atoms with Crippen molar-refractivity contribution in [2.45, 2.75) is 13.1 Å². The number of benzene rings is 1. The molecular weight excluding hydrogens is 472 g/mol. The summed E-state index contributed by atoms with van der Waals surface area (Å²) in [6.07, 6.45) is 0. The van der Waals surface area contributed by atoms with Crippen LogP contribution >= 0.6 is 47.2 Å². The van der Waals surface area contributed by atoms with E-state index in [2.05, 4.69) is 15.6 Å². The molecule has 0 spiro atoms. The van der Waals surface area contributed by atoms with Crippen LogP contribution in [0, 0.1) is 11.6 Å². The van der Waals surface area contributed by atoms with Crippen LogP contribution in [0.3, 0.4) is 0 Å². The van der Waals surface area contributed by atoms with Crippen molar-refractivity contribution in [2.75, 3.05) is 7.05 Å². The Hall–Kier alpha value is -1.06. The molecule has 4 nitrogen and oxygen atoms in total. The largest absolute Gasteiger partial charge is 0.352 e. The number of aliphatic imine (C=N–C) groups is 1. The highest BCUT2D eigenvalue weighted by atomic mass is 127. The van der Waals surface area contributed by atoms with E-state index in [1.807, 2.05) is 0 Å². The second-order valence-corrected chi connectivity index (χ2v) is 5.61. The molecule has 0 radical (unpaired) electrons. The molecule has 1 aromatic carbocycles. The fourth-order valence-corrected chi connectivity index (χ4v) is 2.43. The smallest absolute Gasteiger partial charge is 0.191 e. The quantitative estimate of drug-likeness (QED) is 0.386. The number of nitrogens with zero attached hydrogens (tertiary/aromatic N) is 2. The molecule has 2 N–H and O–H groups in total. The van der Waals surface area contributed by atoms with Crippen molar-refractivity contribution in [3.63, 3.8) is 0 Å². The minimum absolute atomic E-state index is 0. The predicted octanol–water partition coefficient (Wildman–Crippen LogP) is 4.09. The average Bonchev–Trinajstić information content (AvgIpc) is 2.78. The molecule has 0 saturated carbocycles. The van der Waals surface area contributed by atoms with Crippen LogP contribution in [0.2, 0.25) is 10.2 Å². The summed E-state index contributed by atoms with van der Waals surface area (Å²) < 4.78 is 28.5. The molecule has 0 aliphatic heterocycles. The number of aromatic nitrogens is 1. The third kappa shape index (κ3) is 5.22. The summed E-state index contributed by atoms with van der Waals surface area (Å²) >= 11 is 12.0. The Kier molecular flexibility index (Phi) is 8.24. The van der Waals surface area contributed by atoms with E-state index in [0.717, 1.165) is 23.9 Å². The minimum atomic E-state index is -0.487. The molecule has 0 fully saturated rings. The highest BCUT2D eigenvalue weighted by molar-refractivity contribution is 14.0. The zero-order chi connectivity index (χ0) is 17.0. The topological polar surface area (TPSA) is 41.4 Å². The van der Waals surface area contributed by atoms with Gasteiger partial charge in [0.25, 0.3) is 0 Å². The van der Waals surface area contributed by atoms with Gasteiger partial charge in [0.15, 0.2) is 5.96 Å². The lowest BCUT2D eigenvalue weighted by atomic mass is 10.2. The first-order valence-corrected chi connectivity index (χ1v) is 7.56. The lowest BCUT2D eigenvalue weighted by Crippen LogP contribution is -2.36. The van der Waals surface area contributed by atoms with Crippen molar-refractivity contribution < 1.29 is 8.78 Å². The lowest BCUT2D eigenvalue weighted by molar-refractivity contribution is 0.581. The Morgan fingerprint density at radius 2 is 1.83 bits per heavy atom. The van der Waals surface area contributed by atoms with Gasteiger partial charge in [-0.3, -0.25) is 4.99 Å². The van der Waals surface area contributed by atoms with Crippen LogP contribution in [0.5, 0.6) is 0 Å². The van der Waals surface area contributed by atoms with Crippen molar-refractivity contribution in [3.05, 3.63) is 57.3 Å². The highest BCUT2D eigenvalue weighted by Crippen LogP contribution is 2.24. The number of hydrogen-bond donors (Lipinski definition) is 2. The van der Waals surface area contributed by atoms with Crippen LogP contribution in [0.25, 0.3) is 0 Å². The summed E-state index contributed by atoms with van der Waals surface area (Å²) in [6, 6.07) is 5.06. The first-order chi connectivity index (χ1) is 10.9. The number of halogens is 5. The van der Waals surface area contributed by atoms with E-state index in [1.165, 1.54) is 0 Å². The summed E-state index contributed by atoms with van der Waals surface area (Å²) in [6.45, 7) is 0.534. The van der Waals surface area contributed by atoms with Gasteiger partial charge in [-0.25, -0.2) is 8.78 Å². The monoisotopic (exact) mass is 488 g/mol. The van der Waals surface area contributed by atoms with Gasteiger partial charge in [0.2, 0.25) is 0 Å². The third-order valence-corrected chi connectivity index (χ3v) is 4.17. The molecule has 9 heteroatoms. The second-order valence-electron chi connectivity index (χ2n) is 4.85. The lowest BCUT2D eigenvalue weighted by Gasteiger charge is -2.13. The number of guanidine groups is 1. The summed E-state index contributed by atoms with van der Waals surface area (Å²) in [4.78, 5) is 4.03. The van der Waals surface area contributed by atoms with E-state index < -0.39 is 11.6 Å². The Labute approximate surface area is 166 Å². The highest BCUT2D eigenvalue weighted by Gasteiger charge is 2.10. The van der Waals surface area contributed by atoms with E-state index in [4.69, 9.17) is 23.2 Å². The van der Waals surface area contributed by atoms with Gasteiger partial charge >= 0.3 is 0 Å². The fraction of sp³-hybridized carbons (Fsp3) is 0.267. The molecule has 2 rings (SSSR count). The fourth-order valence-electron chi connectivity index (χ4n) is 2.01. The molecule has 1 heterocycles. The van der Waals surface area contributed by atoms with E-state index in [0.29, 0.717) is 22.7 Å². The van der Waals surface area contributed by atoms with Gasteiger partial charge in [-0.05, 0) is 24.3 Å². The van der Waals surface area contributed by atoms with Crippen LogP contribution in [-0.2, 0) is 20.1 Å². The van der Waals surface area contributed by atoms with Crippen LogP contribution in [0.1, 0.15) is 11.3 Å². The maximum atomic E-state index is 13.6. The molecular formula is C15H17Cl2F2IN4. The number of hydrogen-bond acceptors (Lipinski definition) is 1. The maximum absolute atomic E-state index is 13.6. The van der Waals surface area contributed by atoms with Gasteiger partial charge in [-0.1, -0.05) is 23.2 Å². The maximum Gasteiger partial charge on any atom is 0.191 e. The molecule has 24 heavy (non-hydrogen) atoms. The molecule has 1 aromatic heterocycles. The molecule has 0 bridgehead atoms. The molecule has 0 aliphatic rings. The molecule has 132 valence electrons. The zero-order valence-corrected chi connectivity index (χ0v) is 16.9. The van der Waals surface area contributed by atoms with E-state index in [1.54, 1.807) is 24.7 Å². The normalized spacial score (nSPS) is 11.2. The Morgan fingerprint density at radius 1 is 1.17 bits per heavy atom. The van der Waals surface area contributed by atoms with Gasteiger partial charge in [-0.15, -0.1) is 24.0 Å². The van der Waals surface area contributed by atoms with Crippen LogP contribution in [-0.4, -0.2) is 17.6 Å². The van der Waals surface area contributed by atoms with Crippen LogP contribution in [0.4, 0.5) is 8.78 Å². The second kappa shape index (κ2) is 9.43. The molecule has 0 aliphatic carbocycles. The van der Waals surface area contributed by atoms with Gasteiger partial charge in [0, 0.05) is 31.9 Å². The van der Waals surface area contributed by atoms with Gasteiger partial charge in [-0.2, -0.15) is 0 Å². The predicted molar refractivity (Wildman–Crippen MR) is 104 cm³/mol. The third-order valence-electron chi connectivity index (χ3n) is 3.33. The first-order valence-electron chi connectivity index (χ1n) is 6.80. The summed E-state index contributed by atoms with van der Waals surface area (Å²) in [5.74, 6) is -0.517. The minimum Gasteiger partial charge on any atom is -0.352 e.